The van der Waals surface area contributed by atoms with E-state index in [1.54, 1.807) is 12.1 Å². The highest BCUT2D eigenvalue weighted by atomic mass is 16.5. The van der Waals surface area contributed by atoms with Crippen molar-refractivity contribution >= 4 is 6.29 Å². The summed E-state index contributed by atoms with van der Waals surface area (Å²) in [5.41, 5.74) is 0.383. The first kappa shape index (κ1) is 13.0. The monoisotopic (exact) mass is 249 g/mol. The highest BCUT2D eigenvalue weighted by Gasteiger charge is 2.19. The van der Waals surface area contributed by atoms with Gasteiger partial charge in [-0.2, -0.15) is 0 Å². The Hall–Kier alpha value is -1.42. The van der Waals surface area contributed by atoms with E-state index in [-0.39, 0.29) is 0 Å². The van der Waals surface area contributed by atoms with Gasteiger partial charge in [0.05, 0.1) is 12.3 Å². The highest BCUT2D eigenvalue weighted by Crippen LogP contribution is 2.28. The van der Waals surface area contributed by atoms with Crippen molar-refractivity contribution in [3.05, 3.63) is 24.0 Å². The third-order valence-electron chi connectivity index (χ3n) is 3.40. The maximum atomic E-state index is 10.4. The number of aromatic nitrogens is 1. The number of aliphatic hydroxyl groups excluding tert-OH is 1. The topological polar surface area (TPSA) is 59.4 Å². The summed E-state index contributed by atoms with van der Waals surface area (Å²) in [6.07, 6.45) is 7.63. The molecule has 1 heterocycles. The summed E-state index contributed by atoms with van der Waals surface area (Å²) in [6, 6.07) is 3.30. The van der Waals surface area contributed by atoms with E-state index >= 15 is 0 Å². The van der Waals surface area contributed by atoms with Crippen LogP contribution in [0.2, 0.25) is 0 Å². The summed E-state index contributed by atoms with van der Waals surface area (Å²) >= 11 is 0. The van der Waals surface area contributed by atoms with Crippen LogP contribution >= 0.6 is 0 Å². The van der Waals surface area contributed by atoms with Crippen molar-refractivity contribution in [2.75, 3.05) is 6.61 Å². The Balaban J connectivity index is 1.73. The Bertz CT molecular complexity index is 371. The quantitative estimate of drug-likeness (QED) is 0.785. The lowest BCUT2D eigenvalue weighted by molar-refractivity contribution is 0.0853. The minimum absolute atomic E-state index is 0.290. The van der Waals surface area contributed by atoms with Gasteiger partial charge in [0, 0.05) is 0 Å². The average molecular weight is 249 g/mol. The number of hydrogen-bond donors (Lipinski definition) is 1. The normalized spacial score (nSPS) is 17.6. The fourth-order valence-electron chi connectivity index (χ4n) is 2.44. The minimum atomic E-state index is -0.418. The molecule has 1 aliphatic carbocycles. The van der Waals surface area contributed by atoms with Crippen LogP contribution in [0.3, 0.4) is 0 Å². The lowest BCUT2D eigenvalue weighted by Gasteiger charge is -2.15. The van der Waals surface area contributed by atoms with Gasteiger partial charge in [0.2, 0.25) is 0 Å². The van der Waals surface area contributed by atoms with Gasteiger partial charge in [0.15, 0.2) is 6.29 Å². The van der Waals surface area contributed by atoms with Crippen molar-refractivity contribution in [3.8, 4) is 5.75 Å². The molecule has 0 amide bonds. The molecule has 2 rings (SSSR count). The molecule has 1 unspecified atom stereocenters. The van der Waals surface area contributed by atoms with Crippen LogP contribution in [0.5, 0.6) is 5.75 Å². The van der Waals surface area contributed by atoms with Gasteiger partial charge in [-0.1, -0.05) is 25.7 Å². The van der Waals surface area contributed by atoms with E-state index in [2.05, 4.69) is 4.98 Å². The van der Waals surface area contributed by atoms with Gasteiger partial charge in [-0.3, -0.25) is 4.79 Å². The molecule has 0 radical (unpaired) electrons. The van der Waals surface area contributed by atoms with Crippen molar-refractivity contribution in [2.24, 2.45) is 5.92 Å². The van der Waals surface area contributed by atoms with Crippen molar-refractivity contribution in [1.82, 2.24) is 4.98 Å². The van der Waals surface area contributed by atoms with Crippen LogP contribution in [-0.4, -0.2) is 29.1 Å². The fourth-order valence-corrected chi connectivity index (χ4v) is 2.44. The molecule has 0 aliphatic heterocycles. The second-order valence-corrected chi connectivity index (χ2v) is 4.89. The number of aliphatic hydroxyl groups is 1. The summed E-state index contributed by atoms with van der Waals surface area (Å²) in [6.45, 7) is 0.290. The molecular formula is C14H19NO3. The maximum absolute atomic E-state index is 10.4. The second kappa shape index (κ2) is 6.50. The Labute approximate surface area is 107 Å². The molecule has 0 aromatic carbocycles. The third-order valence-corrected chi connectivity index (χ3v) is 3.40. The number of pyridine rings is 1. The molecular weight excluding hydrogens is 230 g/mol. The predicted octanol–water partition coefficient (Wildman–Crippen LogP) is 2.21. The van der Waals surface area contributed by atoms with E-state index in [9.17, 15) is 9.90 Å². The lowest BCUT2D eigenvalue weighted by Crippen LogP contribution is -2.20. The standard InChI is InChI=1S/C14H19NO3/c16-9-12-5-6-14(8-15-12)18-10-13(17)7-11-3-1-2-4-11/h5-6,8-9,11,13,17H,1-4,7,10H2. The summed E-state index contributed by atoms with van der Waals surface area (Å²) < 4.78 is 5.45. The number of carbonyl (C=O) groups excluding carboxylic acids is 1. The molecule has 1 aliphatic rings. The van der Waals surface area contributed by atoms with Crippen molar-refractivity contribution < 1.29 is 14.6 Å². The van der Waals surface area contributed by atoms with E-state index in [1.807, 2.05) is 0 Å². The van der Waals surface area contributed by atoms with Crippen molar-refractivity contribution in [2.45, 2.75) is 38.2 Å². The molecule has 18 heavy (non-hydrogen) atoms. The molecule has 1 aromatic rings. The first-order valence-corrected chi connectivity index (χ1v) is 6.50. The molecule has 98 valence electrons. The van der Waals surface area contributed by atoms with Gasteiger partial charge in [-0.25, -0.2) is 4.98 Å². The molecule has 4 heteroatoms. The van der Waals surface area contributed by atoms with Gasteiger partial charge in [0.25, 0.3) is 0 Å². The average Bonchev–Trinajstić information content (AvgIpc) is 2.90. The minimum Gasteiger partial charge on any atom is -0.489 e. The number of carbonyl (C=O) groups is 1. The van der Waals surface area contributed by atoms with E-state index in [0.717, 1.165) is 6.42 Å². The van der Waals surface area contributed by atoms with Crippen LogP contribution < -0.4 is 4.74 Å². The smallest absolute Gasteiger partial charge is 0.168 e. The molecule has 0 spiro atoms. The van der Waals surface area contributed by atoms with Crippen LogP contribution in [-0.2, 0) is 0 Å². The van der Waals surface area contributed by atoms with E-state index in [1.165, 1.54) is 31.9 Å². The first-order valence-electron chi connectivity index (χ1n) is 6.50. The third kappa shape index (κ3) is 3.81. The van der Waals surface area contributed by atoms with E-state index < -0.39 is 6.10 Å². The largest absolute Gasteiger partial charge is 0.489 e. The molecule has 1 saturated carbocycles. The Morgan fingerprint density at radius 1 is 1.44 bits per heavy atom. The van der Waals surface area contributed by atoms with Gasteiger partial charge in [0.1, 0.15) is 18.1 Å². The van der Waals surface area contributed by atoms with Crippen LogP contribution in [0.15, 0.2) is 18.3 Å². The number of hydrogen-bond acceptors (Lipinski definition) is 4. The summed E-state index contributed by atoms with van der Waals surface area (Å²) in [4.78, 5) is 14.3. The van der Waals surface area contributed by atoms with Crippen LogP contribution in [0, 0.1) is 5.92 Å². The van der Waals surface area contributed by atoms with Gasteiger partial charge in [-0.05, 0) is 24.5 Å². The SMILES string of the molecule is O=Cc1ccc(OCC(O)CC2CCCC2)cn1. The highest BCUT2D eigenvalue weighted by molar-refractivity contribution is 5.71. The van der Waals surface area contributed by atoms with Crippen LogP contribution in [0.1, 0.15) is 42.6 Å². The molecule has 0 bridgehead atoms. The Morgan fingerprint density at radius 2 is 2.22 bits per heavy atom. The summed E-state index contributed by atoms with van der Waals surface area (Å²) in [5, 5.41) is 9.87. The van der Waals surface area contributed by atoms with E-state index in [4.69, 9.17) is 4.74 Å². The molecule has 1 aromatic heterocycles. The number of ether oxygens (including phenoxy) is 1. The molecule has 0 saturated heterocycles. The predicted molar refractivity (Wildman–Crippen MR) is 67.7 cm³/mol. The van der Waals surface area contributed by atoms with E-state index in [0.29, 0.717) is 30.3 Å². The zero-order valence-corrected chi connectivity index (χ0v) is 10.4. The van der Waals surface area contributed by atoms with Gasteiger partial charge in [-0.15, -0.1) is 0 Å². The summed E-state index contributed by atoms with van der Waals surface area (Å²) in [5.74, 6) is 1.24. The number of rotatable bonds is 6. The maximum Gasteiger partial charge on any atom is 0.168 e. The number of aldehydes is 1. The Morgan fingerprint density at radius 3 is 2.83 bits per heavy atom. The molecule has 1 fully saturated rings. The van der Waals surface area contributed by atoms with Crippen molar-refractivity contribution in [3.63, 3.8) is 0 Å². The number of nitrogens with zero attached hydrogens (tertiary/aromatic N) is 1. The molecule has 1 N–H and O–H groups in total. The van der Waals surface area contributed by atoms with Crippen LogP contribution in [0.25, 0.3) is 0 Å². The zero-order chi connectivity index (χ0) is 12.8. The fraction of sp³-hybridized carbons (Fsp3) is 0.571. The first-order chi connectivity index (χ1) is 8.78. The summed E-state index contributed by atoms with van der Waals surface area (Å²) in [7, 11) is 0. The Kier molecular flexibility index (Phi) is 4.70. The lowest BCUT2D eigenvalue weighted by atomic mass is 10.0. The molecule has 4 nitrogen and oxygen atoms in total. The van der Waals surface area contributed by atoms with Gasteiger partial charge < -0.3 is 9.84 Å². The molecule has 1 atom stereocenters. The van der Waals surface area contributed by atoms with Crippen molar-refractivity contribution in [1.29, 1.82) is 0 Å². The van der Waals surface area contributed by atoms with Crippen LogP contribution in [0.4, 0.5) is 0 Å². The zero-order valence-electron chi connectivity index (χ0n) is 10.4. The second-order valence-electron chi connectivity index (χ2n) is 4.89. The van der Waals surface area contributed by atoms with Gasteiger partial charge >= 0.3 is 0 Å².